The first-order valence-corrected chi connectivity index (χ1v) is 14.2. The molecular formula is C30H52. The second-order valence-corrected chi connectivity index (χ2v) is 14.4. The van der Waals surface area contributed by atoms with E-state index in [1.165, 1.54) is 19.3 Å². The molecule has 5 fully saturated rings. The molecule has 0 saturated heterocycles. The molecule has 0 aliphatic heterocycles. The number of hydrogen-bond donors (Lipinski definition) is 0. The van der Waals surface area contributed by atoms with Gasteiger partial charge in [0.2, 0.25) is 0 Å². The summed E-state index contributed by atoms with van der Waals surface area (Å²) in [7, 11) is 0. The lowest BCUT2D eigenvalue weighted by Gasteiger charge is -2.66. The van der Waals surface area contributed by atoms with Crippen LogP contribution < -0.4 is 0 Å². The first kappa shape index (κ1) is 21.8. The molecule has 5 rings (SSSR count). The van der Waals surface area contributed by atoms with Crippen LogP contribution in [0.5, 0.6) is 0 Å². The molecule has 172 valence electrons. The van der Waals surface area contributed by atoms with Crippen LogP contribution in [0.1, 0.15) is 106 Å². The lowest BCUT2D eigenvalue weighted by molar-refractivity contribution is -0.170. The van der Waals surface area contributed by atoms with E-state index in [-0.39, 0.29) is 0 Å². The van der Waals surface area contributed by atoms with Gasteiger partial charge >= 0.3 is 0 Å². The lowest BCUT2D eigenvalue weighted by atomic mass is 9.39. The summed E-state index contributed by atoms with van der Waals surface area (Å²) in [5, 5.41) is 0. The Morgan fingerprint density at radius 3 is 2.03 bits per heavy atom. The molecule has 0 aromatic carbocycles. The third kappa shape index (κ3) is 3.36. The maximum Gasteiger partial charge on any atom is -0.0289 e. The molecule has 5 saturated carbocycles. The van der Waals surface area contributed by atoms with E-state index in [0.717, 1.165) is 76.9 Å². The Bertz CT molecular complexity index is 618. The highest BCUT2D eigenvalue weighted by Crippen LogP contribution is 2.68. The van der Waals surface area contributed by atoms with E-state index in [2.05, 4.69) is 48.5 Å². The van der Waals surface area contributed by atoms with Crippen molar-refractivity contribution in [2.45, 2.75) is 106 Å². The van der Waals surface area contributed by atoms with Crippen molar-refractivity contribution in [2.75, 3.05) is 0 Å². The van der Waals surface area contributed by atoms with Crippen LogP contribution in [0.25, 0.3) is 0 Å². The van der Waals surface area contributed by atoms with Crippen molar-refractivity contribution in [3.05, 3.63) is 0 Å². The van der Waals surface area contributed by atoms with Gasteiger partial charge in [-0.25, -0.2) is 0 Å². The zero-order valence-corrected chi connectivity index (χ0v) is 21.4. The molecule has 0 heteroatoms. The van der Waals surface area contributed by atoms with Crippen LogP contribution in [0.3, 0.4) is 0 Å². The fourth-order valence-electron chi connectivity index (χ4n) is 11.1. The Kier molecular flexibility index (Phi) is 5.67. The summed E-state index contributed by atoms with van der Waals surface area (Å²) in [6.07, 6.45) is 14.1. The molecule has 30 heavy (non-hydrogen) atoms. The van der Waals surface area contributed by atoms with Crippen LogP contribution in [-0.4, -0.2) is 0 Å². The third-order valence-corrected chi connectivity index (χ3v) is 12.2. The Morgan fingerprint density at radius 2 is 1.33 bits per heavy atom. The van der Waals surface area contributed by atoms with E-state index >= 15 is 0 Å². The first-order chi connectivity index (χ1) is 14.2. The van der Waals surface area contributed by atoms with Crippen molar-refractivity contribution in [3.8, 4) is 0 Å². The molecule has 5 aliphatic carbocycles. The van der Waals surface area contributed by atoms with Crippen molar-refractivity contribution in [1.82, 2.24) is 0 Å². The van der Waals surface area contributed by atoms with Crippen molar-refractivity contribution in [2.24, 2.45) is 82.3 Å². The average molecular weight is 413 g/mol. The van der Waals surface area contributed by atoms with Gasteiger partial charge in [0.05, 0.1) is 0 Å². The summed E-state index contributed by atoms with van der Waals surface area (Å²) < 4.78 is 0. The van der Waals surface area contributed by atoms with Gasteiger partial charge in [0.15, 0.2) is 0 Å². The SMILES string of the molecule is CC(C)[C@H]1CC[C@H](C)[C@H]2C[C@@H]3[C@@H](C[C@@H]21)C[C@@]1(C)CC[C@@H](C(C)C)[C@@H]2C[C@H](C)C[C@@H]3[C@H]21. The molecule has 0 radical (unpaired) electrons. The van der Waals surface area contributed by atoms with Crippen LogP contribution in [-0.2, 0) is 0 Å². The van der Waals surface area contributed by atoms with Gasteiger partial charge in [0.25, 0.3) is 0 Å². The van der Waals surface area contributed by atoms with Crippen LogP contribution in [0.4, 0.5) is 0 Å². The zero-order chi connectivity index (χ0) is 21.4. The number of fused-ring (bicyclic) bond motifs is 3. The normalized spacial score (nSPS) is 55.7. The second kappa shape index (κ2) is 7.80. The molecule has 12 atom stereocenters. The van der Waals surface area contributed by atoms with Crippen molar-refractivity contribution in [3.63, 3.8) is 0 Å². The van der Waals surface area contributed by atoms with E-state index in [1.54, 1.807) is 38.5 Å². The maximum absolute atomic E-state index is 2.77. The molecule has 0 aromatic rings. The molecule has 0 N–H and O–H groups in total. The summed E-state index contributed by atoms with van der Waals surface area (Å²) in [6.45, 7) is 18.2. The molecule has 0 nitrogen and oxygen atoms in total. The minimum Gasteiger partial charge on any atom is -0.0625 e. The summed E-state index contributed by atoms with van der Waals surface area (Å²) in [4.78, 5) is 0. The smallest absolute Gasteiger partial charge is 0.0289 e. The minimum atomic E-state index is 0.669. The topological polar surface area (TPSA) is 0 Å². The van der Waals surface area contributed by atoms with Gasteiger partial charge in [-0.05, 0) is 134 Å². The van der Waals surface area contributed by atoms with E-state index < -0.39 is 0 Å². The fourth-order valence-corrected chi connectivity index (χ4v) is 11.1. The maximum atomic E-state index is 2.77. The van der Waals surface area contributed by atoms with E-state index in [1.807, 2.05) is 0 Å². The highest BCUT2D eigenvalue weighted by Gasteiger charge is 2.60. The predicted octanol–water partition coefficient (Wildman–Crippen LogP) is 8.70. The third-order valence-electron chi connectivity index (χ3n) is 12.2. The summed E-state index contributed by atoms with van der Waals surface area (Å²) >= 11 is 0. The fraction of sp³-hybridized carbons (Fsp3) is 1.00. The van der Waals surface area contributed by atoms with Gasteiger partial charge in [-0.1, -0.05) is 54.9 Å². The van der Waals surface area contributed by atoms with E-state index in [4.69, 9.17) is 0 Å². The quantitative estimate of drug-likeness (QED) is 0.425. The molecule has 0 heterocycles. The van der Waals surface area contributed by atoms with Crippen LogP contribution >= 0.6 is 0 Å². The molecule has 5 aliphatic rings. The minimum absolute atomic E-state index is 0.669. The molecule has 0 spiro atoms. The van der Waals surface area contributed by atoms with Crippen LogP contribution in [0.15, 0.2) is 0 Å². The van der Waals surface area contributed by atoms with E-state index in [0.29, 0.717) is 5.41 Å². The number of rotatable bonds is 2. The average Bonchev–Trinajstić information content (AvgIpc) is 2.66. The van der Waals surface area contributed by atoms with Gasteiger partial charge in [-0.2, -0.15) is 0 Å². The second-order valence-electron chi connectivity index (χ2n) is 14.4. The molecular weight excluding hydrogens is 360 g/mol. The van der Waals surface area contributed by atoms with Crippen LogP contribution in [0.2, 0.25) is 0 Å². The highest BCUT2D eigenvalue weighted by molar-refractivity contribution is 5.09. The summed E-state index contributed by atoms with van der Waals surface area (Å²) in [5.74, 6) is 13.2. The van der Waals surface area contributed by atoms with E-state index in [9.17, 15) is 0 Å². The molecule has 0 bridgehead atoms. The molecule has 0 amide bonds. The Labute approximate surface area is 188 Å². The van der Waals surface area contributed by atoms with Crippen molar-refractivity contribution >= 4 is 0 Å². The summed E-state index contributed by atoms with van der Waals surface area (Å²) in [5.41, 5.74) is 0.669. The van der Waals surface area contributed by atoms with Crippen molar-refractivity contribution < 1.29 is 0 Å². The van der Waals surface area contributed by atoms with Gasteiger partial charge < -0.3 is 0 Å². The van der Waals surface area contributed by atoms with Crippen molar-refractivity contribution in [1.29, 1.82) is 0 Å². The van der Waals surface area contributed by atoms with Gasteiger partial charge in [0, 0.05) is 0 Å². The highest BCUT2D eigenvalue weighted by atomic mass is 14.7. The Morgan fingerprint density at radius 1 is 0.667 bits per heavy atom. The van der Waals surface area contributed by atoms with Gasteiger partial charge in [0.1, 0.15) is 0 Å². The first-order valence-electron chi connectivity index (χ1n) is 14.2. The van der Waals surface area contributed by atoms with Gasteiger partial charge in [-0.15, -0.1) is 0 Å². The Balaban J connectivity index is 1.47. The number of hydrogen-bond acceptors (Lipinski definition) is 0. The standard InChI is InChI=1S/C30H52/c1-17(2)22-9-8-20(6)24-15-25-21(14-26(22)24)16-30(7)11-10-23(18(3)4)27-12-19(5)13-28(25)29(27)30/h17-29H,8-16H2,1-7H3/t19-,20-,21-,22+,23-,24+,25+,26+,27-,28-,29-,30+/m0/s1. The molecule has 0 aromatic heterocycles. The predicted molar refractivity (Wildman–Crippen MR) is 129 cm³/mol. The largest absolute Gasteiger partial charge is 0.0625 e. The van der Waals surface area contributed by atoms with Crippen LogP contribution in [0, 0.1) is 82.3 Å². The monoisotopic (exact) mass is 412 g/mol. The lowest BCUT2D eigenvalue weighted by Crippen LogP contribution is -2.58. The summed E-state index contributed by atoms with van der Waals surface area (Å²) in [6, 6.07) is 0. The molecule has 0 unspecified atom stereocenters. The Hall–Kier alpha value is 0. The zero-order valence-electron chi connectivity index (χ0n) is 21.4. The van der Waals surface area contributed by atoms with Gasteiger partial charge in [-0.3, -0.25) is 0 Å².